The number of hydrogen-bond acceptors (Lipinski definition) is 3. The zero-order chi connectivity index (χ0) is 13.9. The molecule has 2 rings (SSSR count). The van der Waals surface area contributed by atoms with Gasteiger partial charge in [-0.1, -0.05) is 19.1 Å². The van der Waals surface area contributed by atoms with Crippen LogP contribution < -0.4 is 10.0 Å². The Labute approximate surface area is 115 Å². The van der Waals surface area contributed by atoms with Gasteiger partial charge in [-0.2, -0.15) is 0 Å². The first kappa shape index (κ1) is 14.3. The summed E-state index contributed by atoms with van der Waals surface area (Å²) in [6, 6.07) is 7.81. The number of anilines is 1. The summed E-state index contributed by atoms with van der Waals surface area (Å²) in [4.78, 5) is 0. The third kappa shape index (κ3) is 4.51. The highest BCUT2D eigenvalue weighted by Gasteiger charge is 2.27. The molecule has 5 heteroatoms. The van der Waals surface area contributed by atoms with Gasteiger partial charge in [-0.15, -0.1) is 0 Å². The van der Waals surface area contributed by atoms with Crippen LogP contribution in [-0.2, 0) is 10.0 Å². The summed E-state index contributed by atoms with van der Waals surface area (Å²) >= 11 is 0. The molecule has 1 atom stereocenters. The average molecular weight is 282 g/mol. The summed E-state index contributed by atoms with van der Waals surface area (Å²) in [6.45, 7) is 5.01. The van der Waals surface area contributed by atoms with Gasteiger partial charge in [0, 0.05) is 11.7 Å². The highest BCUT2D eigenvalue weighted by atomic mass is 32.2. The van der Waals surface area contributed by atoms with Gasteiger partial charge in [0.2, 0.25) is 10.0 Å². The normalized spacial score (nSPS) is 17.2. The Hall–Kier alpha value is -1.07. The molecule has 0 aromatic heterocycles. The van der Waals surface area contributed by atoms with Gasteiger partial charge in [0.1, 0.15) is 0 Å². The fourth-order valence-electron chi connectivity index (χ4n) is 2.11. The molecular weight excluding hydrogens is 260 g/mol. The molecule has 0 heterocycles. The zero-order valence-corrected chi connectivity index (χ0v) is 12.3. The Morgan fingerprint density at radius 1 is 1.37 bits per heavy atom. The van der Waals surface area contributed by atoms with E-state index in [1.807, 2.05) is 18.2 Å². The van der Waals surface area contributed by atoms with Crippen molar-refractivity contribution in [3.05, 3.63) is 29.8 Å². The van der Waals surface area contributed by atoms with Gasteiger partial charge in [-0.05, 0) is 49.9 Å². The number of benzene rings is 1. The Bertz CT molecular complexity index is 524. The molecule has 1 unspecified atom stereocenters. The van der Waals surface area contributed by atoms with Crippen molar-refractivity contribution in [2.75, 3.05) is 17.0 Å². The van der Waals surface area contributed by atoms with E-state index >= 15 is 0 Å². The maximum absolute atomic E-state index is 11.9. The SMILES string of the molecule is CCNC(C)c1cccc(NS(=O)(=O)CC2CC2)c1. The topological polar surface area (TPSA) is 58.2 Å². The number of hydrogen-bond donors (Lipinski definition) is 2. The van der Waals surface area contributed by atoms with Crippen molar-refractivity contribution in [2.24, 2.45) is 5.92 Å². The van der Waals surface area contributed by atoms with Crippen LogP contribution in [0.3, 0.4) is 0 Å². The number of rotatable bonds is 7. The molecule has 1 saturated carbocycles. The van der Waals surface area contributed by atoms with Crippen molar-refractivity contribution in [1.29, 1.82) is 0 Å². The first-order valence-electron chi connectivity index (χ1n) is 6.84. The molecule has 0 radical (unpaired) electrons. The third-order valence-electron chi connectivity index (χ3n) is 3.32. The van der Waals surface area contributed by atoms with E-state index in [0.29, 0.717) is 11.6 Å². The van der Waals surface area contributed by atoms with Crippen molar-refractivity contribution in [3.63, 3.8) is 0 Å². The monoisotopic (exact) mass is 282 g/mol. The van der Waals surface area contributed by atoms with Gasteiger partial charge in [0.25, 0.3) is 0 Å². The van der Waals surface area contributed by atoms with Crippen molar-refractivity contribution in [2.45, 2.75) is 32.7 Å². The maximum atomic E-state index is 11.9. The van der Waals surface area contributed by atoms with Crippen molar-refractivity contribution >= 4 is 15.7 Å². The molecule has 0 amide bonds. The molecular formula is C14H22N2O2S. The minimum Gasteiger partial charge on any atom is -0.310 e. The van der Waals surface area contributed by atoms with Crippen LogP contribution in [-0.4, -0.2) is 20.7 Å². The van der Waals surface area contributed by atoms with E-state index in [0.717, 1.165) is 24.9 Å². The van der Waals surface area contributed by atoms with Crippen molar-refractivity contribution < 1.29 is 8.42 Å². The summed E-state index contributed by atoms with van der Waals surface area (Å²) in [5.41, 5.74) is 1.75. The fourth-order valence-corrected chi connectivity index (χ4v) is 3.63. The van der Waals surface area contributed by atoms with E-state index in [9.17, 15) is 8.42 Å². The predicted molar refractivity (Wildman–Crippen MR) is 78.7 cm³/mol. The minimum atomic E-state index is -3.20. The first-order valence-corrected chi connectivity index (χ1v) is 8.49. The molecule has 1 aliphatic rings. The second-order valence-corrected chi connectivity index (χ2v) is 7.00. The maximum Gasteiger partial charge on any atom is 0.232 e. The van der Waals surface area contributed by atoms with Crippen LogP contribution in [0.1, 0.15) is 38.3 Å². The lowest BCUT2D eigenvalue weighted by molar-refractivity contribution is 0.596. The van der Waals surface area contributed by atoms with Gasteiger partial charge in [-0.3, -0.25) is 4.72 Å². The van der Waals surface area contributed by atoms with Gasteiger partial charge < -0.3 is 5.32 Å². The summed E-state index contributed by atoms with van der Waals surface area (Å²) in [6.07, 6.45) is 2.08. The molecule has 1 aliphatic carbocycles. The van der Waals surface area contributed by atoms with Crippen LogP contribution in [0.15, 0.2) is 24.3 Å². The minimum absolute atomic E-state index is 0.220. The van der Waals surface area contributed by atoms with Gasteiger partial charge in [-0.25, -0.2) is 8.42 Å². The summed E-state index contributed by atoms with van der Waals surface area (Å²) in [7, 11) is -3.20. The fraction of sp³-hybridized carbons (Fsp3) is 0.571. The largest absolute Gasteiger partial charge is 0.310 e. The molecule has 106 valence electrons. The molecule has 0 spiro atoms. The molecule has 1 fully saturated rings. The van der Waals surface area contributed by atoms with E-state index in [1.165, 1.54) is 0 Å². The number of sulfonamides is 1. The smallest absolute Gasteiger partial charge is 0.232 e. The third-order valence-corrected chi connectivity index (χ3v) is 4.78. The van der Waals surface area contributed by atoms with Crippen molar-refractivity contribution in [1.82, 2.24) is 5.32 Å². The van der Waals surface area contributed by atoms with E-state index in [-0.39, 0.29) is 11.8 Å². The molecule has 19 heavy (non-hydrogen) atoms. The molecule has 4 nitrogen and oxygen atoms in total. The van der Waals surface area contributed by atoms with Crippen molar-refractivity contribution in [3.8, 4) is 0 Å². The second-order valence-electron chi connectivity index (χ2n) is 5.23. The van der Waals surface area contributed by atoms with E-state index in [1.54, 1.807) is 6.07 Å². The molecule has 1 aromatic carbocycles. The van der Waals surface area contributed by atoms with Crippen LogP contribution in [0, 0.1) is 5.92 Å². The van der Waals surface area contributed by atoms with E-state index < -0.39 is 10.0 Å². The zero-order valence-electron chi connectivity index (χ0n) is 11.5. The highest BCUT2D eigenvalue weighted by Crippen LogP contribution is 2.30. The molecule has 2 N–H and O–H groups in total. The Morgan fingerprint density at radius 2 is 2.11 bits per heavy atom. The predicted octanol–water partition coefficient (Wildman–Crippen LogP) is 2.51. The molecule has 0 saturated heterocycles. The lowest BCUT2D eigenvalue weighted by Crippen LogP contribution is -2.19. The number of nitrogens with one attached hydrogen (secondary N) is 2. The summed E-state index contributed by atoms with van der Waals surface area (Å²) in [5, 5.41) is 3.32. The Morgan fingerprint density at radius 3 is 2.74 bits per heavy atom. The van der Waals surface area contributed by atoms with E-state index in [4.69, 9.17) is 0 Å². The van der Waals surface area contributed by atoms with Crippen LogP contribution in [0.5, 0.6) is 0 Å². The van der Waals surface area contributed by atoms with Gasteiger partial charge in [0.05, 0.1) is 5.75 Å². The summed E-state index contributed by atoms with van der Waals surface area (Å²) < 4.78 is 26.5. The van der Waals surface area contributed by atoms with Crippen LogP contribution in [0.2, 0.25) is 0 Å². The van der Waals surface area contributed by atoms with Crippen LogP contribution >= 0.6 is 0 Å². The molecule has 1 aromatic rings. The Balaban J connectivity index is 2.05. The lowest BCUT2D eigenvalue weighted by atomic mass is 10.1. The first-order chi connectivity index (χ1) is 9.00. The lowest BCUT2D eigenvalue weighted by Gasteiger charge is -2.14. The second kappa shape index (κ2) is 5.92. The highest BCUT2D eigenvalue weighted by molar-refractivity contribution is 7.92. The van der Waals surface area contributed by atoms with E-state index in [2.05, 4.69) is 23.9 Å². The molecule has 0 bridgehead atoms. The Kier molecular flexibility index (Phi) is 4.47. The standard InChI is InChI=1S/C14H22N2O2S/c1-3-15-11(2)13-5-4-6-14(9-13)16-19(17,18)10-12-7-8-12/h4-6,9,11-12,15-16H,3,7-8,10H2,1-2H3. The quantitative estimate of drug-likeness (QED) is 0.808. The average Bonchev–Trinajstić information content (AvgIpc) is 3.12. The van der Waals surface area contributed by atoms with Crippen LogP contribution in [0.25, 0.3) is 0 Å². The van der Waals surface area contributed by atoms with Gasteiger partial charge >= 0.3 is 0 Å². The van der Waals surface area contributed by atoms with Crippen LogP contribution in [0.4, 0.5) is 5.69 Å². The molecule has 0 aliphatic heterocycles. The summed E-state index contributed by atoms with van der Waals surface area (Å²) in [5.74, 6) is 0.612. The van der Waals surface area contributed by atoms with Gasteiger partial charge in [0.15, 0.2) is 0 Å².